The first-order chi connectivity index (χ1) is 7.27. The van der Waals surface area contributed by atoms with Gasteiger partial charge in [0.05, 0.1) is 10.5 Å². The molecule has 2 aromatic rings. The number of aromatic nitrogens is 1. The van der Waals surface area contributed by atoms with E-state index in [1.165, 1.54) is 11.3 Å². The molecule has 4 heteroatoms. The number of hydrogen-bond acceptors (Lipinski definition) is 1. The lowest BCUT2D eigenvalue weighted by molar-refractivity contribution is 0.641. The second kappa shape index (κ2) is 3.51. The van der Waals surface area contributed by atoms with Gasteiger partial charge in [0, 0.05) is 35.1 Å². The van der Waals surface area contributed by atoms with Crippen LogP contribution in [-0.2, 0) is 13.0 Å². The summed E-state index contributed by atoms with van der Waals surface area (Å²) < 4.78 is 1.08. The number of benzene rings is 1. The Hall–Kier alpha value is -0.510. The standard InChI is InChI=1S/C11H10BrClN2/c12-7-1-2-8(13)10-6-5-14-4-3-9(6)15-11(7)10/h1-2,14-15H,3-5H2. The zero-order valence-electron chi connectivity index (χ0n) is 8.03. The van der Waals surface area contributed by atoms with Crippen molar-refractivity contribution in [3.63, 3.8) is 0 Å². The molecule has 0 saturated heterocycles. The fourth-order valence-corrected chi connectivity index (χ4v) is 2.88. The van der Waals surface area contributed by atoms with Gasteiger partial charge in [-0.3, -0.25) is 0 Å². The molecule has 0 aliphatic carbocycles. The van der Waals surface area contributed by atoms with Crippen molar-refractivity contribution in [2.24, 2.45) is 0 Å². The summed E-state index contributed by atoms with van der Waals surface area (Å²) in [4.78, 5) is 3.45. The Morgan fingerprint density at radius 3 is 3.07 bits per heavy atom. The van der Waals surface area contributed by atoms with Crippen LogP contribution in [0.4, 0.5) is 0 Å². The van der Waals surface area contributed by atoms with Gasteiger partial charge in [-0.2, -0.15) is 0 Å². The van der Waals surface area contributed by atoms with Crippen molar-refractivity contribution < 1.29 is 0 Å². The number of halogens is 2. The fourth-order valence-electron chi connectivity index (χ4n) is 2.18. The van der Waals surface area contributed by atoms with E-state index in [0.717, 1.165) is 39.9 Å². The summed E-state index contributed by atoms with van der Waals surface area (Å²) in [6.07, 6.45) is 1.05. The number of rotatable bonds is 0. The Kier molecular flexibility index (Phi) is 2.27. The molecule has 0 bridgehead atoms. The predicted molar refractivity (Wildman–Crippen MR) is 66.4 cm³/mol. The summed E-state index contributed by atoms with van der Waals surface area (Å²) >= 11 is 9.79. The highest BCUT2D eigenvalue weighted by Gasteiger charge is 2.18. The molecule has 0 saturated carbocycles. The summed E-state index contributed by atoms with van der Waals surface area (Å²) in [5.74, 6) is 0. The van der Waals surface area contributed by atoms with Crippen LogP contribution in [0.15, 0.2) is 16.6 Å². The largest absolute Gasteiger partial charge is 0.357 e. The monoisotopic (exact) mass is 284 g/mol. The number of nitrogens with one attached hydrogen (secondary N) is 2. The summed E-state index contributed by atoms with van der Waals surface area (Å²) in [6, 6.07) is 3.93. The molecule has 2 nitrogen and oxygen atoms in total. The molecule has 1 aromatic heterocycles. The molecule has 0 radical (unpaired) electrons. The van der Waals surface area contributed by atoms with Gasteiger partial charge in [-0.25, -0.2) is 0 Å². The maximum atomic E-state index is 6.24. The van der Waals surface area contributed by atoms with E-state index < -0.39 is 0 Å². The first kappa shape index (κ1) is 9.70. The van der Waals surface area contributed by atoms with Crippen LogP contribution in [0, 0.1) is 0 Å². The van der Waals surface area contributed by atoms with Gasteiger partial charge in [0.25, 0.3) is 0 Å². The van der Waals surface area contributed by atoms with Crippen LogP contribution in [0.1, 0.15) is 11.3 Å². The molecule has 3 rings (SSSR count). The molecule has 15 heavy (non-hydrogen) atoms. The van der Waals surface area contributed by atoms with E-state index in [0.29, 0.717) is 0 Å². The van der Waals surface area contributed by atoms with E-state index in [1.807, 2.05) is 12.1 Å². The second-order valence-corrected chi connectivity index (χ2v) is 5.05. The maximum Gasteiger partial charge on any atom is 0.0618 e. The van der Waals surface area contributed by atoms with Gasteiger partial charge < -0.3 is 10.3 Å². The molecule has 1 aromatic carbocycles. The van der Waals surface area contributed by atoms with Crippen molar-refractivity contribution in [2.45, 2.75) is 13.0 Å². The lowest BCUT2D eigenvalue weighted by atomic mass is 10.1. The number of aromatic amines is 1. The van der Waals surface area contributed by atoms with Gasteiger partial charge in [-0.05, 0) is 33.6 Å². The smallest absolute Gasteiger partial charge is 0.0618 e. The molecular weight excluding hydrogens is 275 g/mol. The predicted octanol–water partition coefficient (Wildman–Crippen LogP) is 3.23. The van der Waals surface area contributed by atoms with E-state index in [4.69, 9.17) is 11.6 Å². The van der Waals surface area contributed by atoms with Gasteiger partial charge in [0.1, 0.15) is 0 Å². The van der Waals surface area contributed by atoms with Crippen molar-refractivity contribution in [3.05, 3.63) is 32.9 Å². The van der Waals surface area contributed by atoms with Crippen LogP contribution in [0.2, 0.25) is 5.02 Å². The molecule has 0 spiro atoms. The summed E-state index contributed by atoms with van der Waals surface area (Å²) in [6.45, 7) is 1.95. The van der Waals surface area contributed by atoms with Crippen molar-refractivity contribution in [2.75, 3.05) is 6.54 Å². The average molecular weight is 286 g/mol. The van der Waals surface area contributed by atoms with E-state index in [1.54, 1.807) is 0 Å². The number of hydrogen-bond donors (Lipinski definition) is 2. The molecule has 1 aliphatic heterocycles. The first-order valence-electron chi connectivity index (χ1n) is 4.95. The maximum absolute atomic E-state index is 6.24. The van der Waals surface area contributed by atoms with Gasteiger partial charge in [-0.15, -0.1) is 0 Å². The van der Waals surface area contributed by atoms with Gasteiger partial charge >= 0.3 is 0 Å². The normalized spacial score (nSPS) is 15.6. The third-order valence-corrected chi connectivity index (χ3v) is 3.87. The molecule has 1 aliphatic rings. The van der Waals surface area contributed by atoms with Crippen LogP contribution in [0.3, 0.4) is 0 Å². The highest BCUT2D eigenvalue weighted by atomic mass is 79.9. The number of H-pyrrole nitrogens is 1. The Balaban J connectivity index is 2.41. The Morgan fingerprint density at radius 1 is 1.33 bits per heavy atom. The van der Waals surface area contributed by atoms with E-state index in [-0.39, 0.29) is 0 Å². The number of fused-ring (bicyclic) bond motifs is 3. The zero-order valence-corrected chi connectivity index (χ0v) is 10.4. The topological polar surface area (TPSA) is 27.8 Å². The summed E-state index contributed by atoms with van der Waals surface area (Å²) in [7, 11) is 0. The minimum absolute atomic E-state index is 0.828. The molecule has 0 fully saturated rings. The van der Waals surface area contributed by atoms with Crippen molar-refractivity contribution in [1.29, 1.82) is 0 Å². The highest BCUT2D eigenvalue weighted by molar-refractivity contribution is 9.10. The van der Waals surface area contributed by atoms with Crippen molar-refractivity contribution in [3.8, 4) is 0 Å². The first-order valence-corrected chi connectivity index (χ1v) is 6.12. The molecule has 0 atom stereocenters. The molecule has 2 N–H and O–H groups in total. The van der Waals surface area contributed by atoms with Crippen LogP contribution >= 0.6 is 27.5 Å². The Labute approximate surface area is 101 Å². The SMILES string of the molecule is Clc1ccc(Br)c2[nH]c3c(c12)CNCC3. The Bertz CT molecular complexity index is 533. The molecule has 78 valence electrons. The van der Waals surface area contributed by atoms with Crippen LogP contribution in [0.5, 0.6) is 0 Å². The zero-order chi connectivity index (χ0) is 10.4. The van der Waals surface area contributed by atoms with Crippen LogP contribution in [-0.4, -0.2) is 11.5 Å². The molecule has 0 unspecified atom stereocenters. The molecular formula is C11H10BrClN2. The van der Waals surface area contributed by atoms with Gasteiger partial charge in [-0.1, -0.05) is 11.6 Å². The minimum atomic E-state index is 0.828. The van der Waals surface area contributed by atoms with Crippen LogP contribution < -0.4 is 5.32 Å². The average Bonchev–Trinajstić information content (AvgIpc) is 2.64. The van der Waals surface area contributed by atoms with Gasteiger partial charge in [0.2, 0.25) is 0 Å². The van der Waals surface area contributed by atoms with Gasteiger partial charge in [0.15, 0.2) is 0 Å². The van der Waals surface area contributed by atoms with Crippen molar-refractivity contribution >= 4 is 38.4 Å². The highest BCUT2D eigenvalue weighted by Crippen LogP contribution is 2.35. The lowest BCUT2D eigenvalue weighted by Crippen LogP contribution is -2.22. The van der Waals surface area contributed by atoms with E-state index in [9.17, 15) is 0 Å². The lowest BCUT2D eigenvalue weighted by Gasteiger charge is -2.12. The third-order valence-electron chi connectivity index (χ3n) is 2.90. The fraction of sp³-hybridized carbons (Fsp3) is 0.273. The summed E-state index contributed by atoms with van der Waals surface area (Å²) in [5, 5.41) is 5.36. The van der Waals surface area contributed by atoms with E-state index >= 15 is 0 Å². The Morgan fingerprint density at radius 2 is 2.20 bits per heavy atom. The second-order valence-electron chi connectivity index (χ2n) is 3.79. The minimum Gasteiger partial charge on any atom is -0.357 e. The molecule has 0 amide bonds. The van der Waals surface area contributed by atoms with E-state index in [2.05, 4.69) is 26.2 Å². The molecule has 2 heterocycles. The summed E-state index contributed by atoms with van der Waals surface area (Å²) in [5.41, 5.74) is 3.76. The quantitative estimate of drug-likeness (QED) is 0.764. The van der Waals surface area contributed by atoms with Crippen LogP contribution in [0.25, 0.3) is 10.9 Å². The third kappa shape index (κ3) is 1.41. The van der Waals surface area contributed by atoms with Crippen molar-refractivity contribution in [1.82, 2.24) is 10.3 Å².